The number of halogens is 4. The van der Waals surface area contributed by atoms with Crippen LogP contribution in [0.3, 0.4) is 0 Å². The van der Waals surface area contributed by atoms with Gasteiger partial charge in [-0.15, -0.1) is 0 Å². The number of rotatable bonds is 10. The molecule has 2 amide bonds. The van der Waals surface area contributed by atoms with Crippen LogP contribution >= 0.6 is 0 Å². The van der Waals surface area contributed by atoms with Crippen LogP contribution in [0.2, 0.25) is 0 Å². The molecule has 1 aromatic heterocycles. The van der Waals surface area contributed by atoms with Crippen LogP contribution in [0.5, 0.6) is 5.75 Å². The van der Waals surface area contributed by atoms with E-state index in [0.29, 0.717) is 0 Å². The van der Waals surface area contributed by atoms with Gasteiger partial charge in [0.05, 0.1) is 6.42 Å². The standard InChI is InChI=1S/C24H25F4N3O7.C2H6/c1-12(32)29-15-6-5-7-31(23(15)36)10-18(34)30-16(9-19(35)38-24(2,3)4)17(33)11-37-22-20(27)13(25)8-14(26)21(22)28;1-2/h5-8,16H,9-11H2,1-4H3,(H,29,32)(H,30,34);1-2H3/t16-;/m0./s1. The Morgan fingerprint density at radius 3 is 2.12 bits per heavy atom. The normalized spacial score (nSPS) is 11.4. The Morgan fingerprint density at radius 1 is 1.02 bits per heavy atom. The average Bonchev–Trinajstić information content (AvgIpc) is 2.84. The molecule has 1 heterocycles. The van der Waals surface area contributed by atoms with Crippen molar-refractivity contribution >= 4 is 29.3 Å². The van der Waals surface area contributed by atoms with E-state index in [9.17, 15) is 41.5 Å². The molecule has 2 rings (SSSR count). The highest BCUT2D eigenvalue weighted by Crippen LogP contribution is 2.26. The summed E-state index contributed by atoms with van der Waals surface area (Å²) in [7, 11) is 0. The number of anilines is 1. The molecule has 0 saturated carbocycles. The van der Waals surface area contributed by atoms with E-state index in [1.54, 1.807) is 20.8 Å². The third-order valence-corrected chi connectivity index (χ3v) is 4.59. The van der Waals surface area contributed by atoms with E-state index in [1.165, 1.54) is 25.3 Å². The number of hydrogen-bond donors (Lipinski definition) is 2. The van der Waals surface area contributed by atoms with E-state index >= 15 is 0 Å². The predicted molar refractivity (Wildman–Crippen MR) is 136 cm³/mol. The molecule has 0 fully saturated rings. The first kappa shape index (κ1) is 33.8. The summed E-state index contributed by atoms with van der Waals surface area (Å²) in [5, 5.41) is 4.50. The Hall–Kier alpha value is -4.23. The minimum atomic E-state index is -1.89. The first-order valence-corrected chi connectivity index (χ1v) is 12.1. The zero-order chi connectivity index (χ0) is 30.8. The van der Waals surface area contributed by atoms with Gasteiger partial charge in [-0.05, 0) is 32.9 Å². The molecule has 2 aromatic rings. The molecule has 0 aliphatic rings. The zero-order valence-electron chi connectivity index (χ0n) is 22.8. The first-order valence-electron chi connectivity index (χ1n) is 12.1. The van der Waals surface area contributed by atoms with Gasteiger partial charge < -0.3 is 24.7 Å². The van der Waals surface area contributed by atoms with Crippen molar-refractivity contribution in [3.05, 3.63) is 58.0 Å². The number of ether oxygens (including phenoxy) is 2. The highest BCUT2D eigenvalue weighted by atomic mass is 19.2. The lowest BCUT2D eigenvalue weighted by Gasteiger charge is -2.22. The summed E-state index contributed by atoms with van der Waals surface area (Å²) in [4.78, 5) is 61.4. The van der Waals surface area contributed by atoms with Crippen molar-refractivity contribution in [3.63, 3.8) is 0 Å². The summed E-state index contributed by atoms with van der Waals surface area (Å²) < 4.78 is 65.3. The van der Waals surface area contributed by atoms with Crippen LogP contribution in [0.1, 0.15) is 48.0 Å². The lowest BCUT2D eigenvalue weighted by molar-refractivity contribution is -0.156. The van der Waals surface area contributed by atoms with Crippen LogP contribution < -0.4 is 20.9 Å². The molecule has 14 heteroatoms. The van der Waals surface area contributed by atoms with Gasteiger partial charge in [-0.1, -0.05) is 13.8 Å². The topological polar surface area (TPSA) is 133 Å². The highest BCUT2D eigenvalue weighted by Gasteiger charge is 2.29. The summed E-state index contributed by atoms with van der Waals surface area (Å²) in [6.45, 7) is 7.96. The van der Waals surface area contributed by atoms with Crippen LogP contribution in [0.4, 0.5) is 23.2 Å². The van der Waals surface area contributed by atoms with Gasteiger partial charge in [0.2, 0.25) is 23.4 Å². The number of ketones is 1. The minimum absolute atomic E-state index is 0.0479. The van der Waals surface area contributed by atoms with Crippen molar-refractivity contribution in [2.24, 2.45) is 0 Å². The second-order valence-corrected chi connectivity index (χ2v) is 9.00. The summed E-state index contributed by atoms with van der Waals surface area (Å²) in [6.07, 6.45) is 0.486. The molecule has 0 saturated heterocycles. The number of pyridine rings is 1. The molecular formula is C26H31F4N3O7. The Labute approximate surface area is 227 Å². The maximum atomic E-state index is 13.9. The SMILES string of the molecule is CC.CC(=O)Nc1cccn(CC(=O)N[C@@H](CC(=O)OC(C)(C)C)C(=O)COc2c(F)c(F)cc(F)c2F)c1=O. The Bertz CT molecular complexity index is 1280. The molecule has 10 nitrogen and oxygen atoms in total. The van der Waals surface area contributed by atoms with E-state index in [1.807, 2.05) is 13.8 Å². The molecule has 0 unspecified atom stereocenters. The van der Waals surface area contributed by atoms with Crippen molar-refractivity contribution in [1.29, 1.82) is 0 Å². The van der Waals surface area contributed by atoms with Gasteiger partial charge >= 0.3 is 5.97 Å². The minimum Gasteiger partial charge on any atom is -0.479 e. The lowest BCUT2D eigenvalue weighted by Crippen LogP contribution is -2.47. The number of amides is 2. The molecule has 1 aromatic carbocycles. The molecule has 40 heavy (non-hydrogen) atoms. The van der Waals surface area contributed by atoms with Crippen LogP contribution in [0, 0.1) is 23.3 Å². The summed E-state index contributed by atoms with van der Waals surface area (Å²) in [6, 6.07) is 0.959. The summed E-state index contributed by atoms with van der Waals surface area (Å²) >= 11 is 0. The number of hydrogen-bond acceptors (Lipinski definition) is 7. The molecule has 2 N–H and O–H groups in total. The van der Waals surface area contributed by atoms with E-state index in [4.69, 9.17) is 4.74 Å². The molecule has 0 spiro atoms. The summed E-state index contributed by atoms with van der Waals surface area (Å²) in [5.41, 5.74) is -1.82. The molecule has 0 aliphatic carbocycles. The lowest BCUT2D eigenvalue weighted by atomic mass is 10.1. The van der Waals surface area contributed by atoms with Crippen LogP contribution in [0.15, 0.2) is 29.2 Å². The molecule has 220 valence electrons. The molecule has 0 bridgehead atoms. The van der Waals surface area contributed by atoms with Gasteiger partial charge in [0.15, 0.2) is 23.2 Å². The van der Waals surface area contributed by atoms with Crippen LogP contribution in [-0.2, 0) is 30.5 Å². The third-order valence-electron chi connectivity index (χ3n) is 4.59. The van der Waals surface area contributed by atoms with Gasteiger partial charge in [-0.2, -0.15) is 8.78 Å². The van der Waals surface area contributed by atoms with Crippen molar-refractivity contribution in [1.82, 2.24) is 9.88 Å². The Kier molecular flexibility index (Phi) is 12.5. The quantitative estimate of drug-likeness (QED) is 0.253. The van der Waals surface area contributed by atoms with E-state index in [2.05, 4.69) is 15.4 Å². The average molecular weight is 574 g/mol. The molecule has 0 radical (unpaired) electrons. The van der Waals surface area contributed by atoms with Gasteiger partial charge in [0, 0.05) is 19.2 Å². The molecule has 1 atom stereocenters. The summed E-state index contributed by atoms with van der Waals surface area (Å²) in [5.74, 6) is -12.3. The van der Waals surface area contributed by atoms with Gasteiger partial charge in [0.25, 0.3) is 5.56 Å². The number of nitrogens with zero attached hydrogens (tertiary/aromatic N) is 1. The van der Waals surface area contributed by atoms with Gasteiger partial charge in [-0.25, -0.2) is 8.78 Å². The molecule has 0 aliphatic heterocycles. The van der Waals surface area contributed by atoms with E-state index in [-0.39, 0.29) is 11.8 Å². The van der Waals surface area contributed by atoms with Gasteiger partial charge in [-0.3, -0.25) is 24.0 Å². The highest BCUT2D eigenvalue weighted by molar-refractivity contribution is 5.93. The number of aromatic nitrogens is 1. The Morgan fingerprint density at radius 2 is 1.60 bits per heavy atom. The van der Waals surface area contributed by atoms with Crippen molar-refractivity contribution in [2.75, 3.05) is 11.9 Å². The number of carbonyl (C=O) groups excluding carboxylic acids is 4. The van der Waals surface area contributed by atoms with E-state index in [0.717, 1.165) is 4.57 Å². The van der Waals surface area contributed by atoms with Crippen molar-refractivity contribution < 1.29 is 46.2 Å². The van der Waals surface area contributed by atoms with Crippen LogP contribution in [0.25, 0.3) is 0 Å². The largest absolute Gasteiger partial charge is 0.479 e. The fraction of sp³-hybridized carbons (Fsp3) is 0.423. The zero-order valence-corrected chi connectivity index (χ0v) is 22.8. The second-order valence-electron chi connectivity index (χ2n) is 9.00. The number of Topliss-reactive ketones (excluding diaryl/α,β-unsaturated/α-hetero) is 1. The number of carbonyl (C=O) groups is 4. The Balaban J connectivity index is 0.00000391. The fourth-order valence-electron chi connectivity index (χ4n) is 3.06. The smallest absolute Gasteiger partial charge is 0.308 e. The number of nitrogens with one attached hydrogen (secondary N) is 2. The van der Waals surface area contributed by atoms with Crippen LogP contribution in [-0.4, -0.2) is 46.4 Å². The maximum absolute atomic E-state index is 13.9. The van der Waals surface area contributed by atoms with Gasteiger partial charge in [0.1, 0.15) is 30.5 Å². The monoisotopic (exact) mass is 573 g/mol. The van der Waals surface area contributed by atoms with E-state index < -0.39 is 89.4 Å². The first-order chi connectivity index (χ1) is 18.6. The molecular weight excluding hydrogens is 542 g/mol. The van der Waals surface area contributed by atoms with Crippen molar-refractivity contribution in [3.8, 4) is 5.75 Å². The second kappa shape index (κ2) is 14.8. The fourth-order valence-corrected chi connectivity index (χ4v) is 3.06. The van der Waals surface area contributed by atoms with Crippen molar-refractivity contribution in [2.45, 2.75) is 66.2 Å². The third kappa shape index (κ3) is 10.2. The number of benzene rings is 1. The maximum Gasteiger partial charge on any atom is 0.308 e. The number of esters is 1. The predicted octanol–water partition coefficient (Wildman–Crippen LogP) is 3.25.